The first-order valence-corrected chi connectivity index (χ1v) is 3.15. The number of carbonyl (C=O) groups is 2. The molecule has 0 heterocycles. The monoisotopic (exact) mass is 158 g/mol. The van der Waals surface area contributed by atoms with Crippen LogP contribution in [0.3, 0.4) is 0 Å². The summed E-state index contributed by atoms with van der Waals surface area (Å²) in [6.45, 7) is 4.77. The van der Waals surface area contributed by atoms with Crippen LogP contribution >= 0.6 is 0 Å². The molecule has 0 fully saturated rings. The minimum atomic E-state index is -0.627. The smallest absolute Gasteiger partial charge is 0.344 e. The summed E-state index contributed by atoms with van der Waals surface area (Å²) in [5.74, 6) is -1.18. The van der Waals surface area contributed by atoms with Gasteiger partial charge in [0.05, 0.1) is 6.61 Å². The van der Waals surface area contributed by atoms with Gasteiger partial charge in [0.1, 0.15) is 0 Å². The average Bonchev–Trinajstić information content (AvgIpc) is 2.01. The van der Waals surface area contributed by atoms with Crippen LogP contribution in [0.4, 0.5) is 0 Å². The second-order valence-electron chi connectivity index (χ2n) is 1.62. The highest BCUT2D eigenvalue weighted by molar-refractivity contribution is 5.83. The van der Waals surface area contributed by atoms with E-state index in [0.717, 1.165) is 6.08 Å². The Morgan fingerprint density at radius 3 is 2.55 bits per heavy atom. The van der Waals surface area contributed by atoms with Gasteiger partial charge in [-0.1, -0.05) is 6.58 Å². The minimum absolute atomic E-state index is 0.282. The fraction of sp³-hybridized carbons (Fsp3) is 0.429. The molecule has 0 aromatic heterocycles. The molecule has 0 radical (unpaired) electrons. The fourth-order valence-electron chi connectivity index (χ4n) is 0.392. The Balaban J connectivity index is 3.45. The predicted molar refractivity (Wildman–Crippen MR) is 37.8 cm³/mol. The second-order valence-corrected chi connectivity index (χ2v) is 1.62. The highest BCUT2D eigenvalue weighted by Gasteiger charge is 2.03. The van der Waals surface area contributed by atoms with Gasteiger partial charge in [0.25, 0.3) is 0 Å². The molecule has 0 atom stereocenters. The van der Waals surface area contributed by atoms with E-state index in [1.54, 1.807) is 6.92 Å². The molecule has 0 aliphatic rings. The predicted octanol–water partition coefficient (Wildman–Crippen LogP) is 0.279. The normalized spacial score (nSPS) is 8.45. The van der Waals surface area contributed by atoms with Crippen molar-refractivity contribution in [3.8, 4) is 0 Å². The Bertz CT molecular complexity index is 162. The van der Waals surface area contributed by atoms with Crippen LogP contribution in [-0.4, -0.2) is 25.2 Å². The third kappa shape index (κ3) is 5.14. The fourth-order valence-corrected chi connectivity index (χ4v) is 0.392. The van der Waals surface area contributed by atoms with Gasteiger partial charge in [-0.15, -0.1) is 0 Å². The number of ether oxygens (including phenoxy) is 2. The average molecular weight is 158 g/mol. The van der Waals surface area contributed by atoms with Gasteiger partial charge >= 0.3 is 11.9 Å². The van der Waals surface area contributed by atoms with E-state index in [-0.39, 0.29) is 13.2 Å². The van der Waals surface area contributed by atoms with E-state index >= 15 is 0 Å². The Morgan fingerprint density at radius 2 is 2.09 bits per heavy atom. The quantitative estimate of drug-likeness (QED) is 0.435. The summed E-state index contributed by atoms with van der Waals surface area (Å²) in [5.41, 5.74) is 0. The van der Waals surface area contributed by atoms with Crippen molar-refractivity contribution in [1.82, 2.24) is 0 Å². The molecule has 0 spiro atoms. The molecule has 0 amide bonds. The highest BCUT2D eigenvalue weighted by Crippen LogP contribution is 1.82. The summed E-state index contributed by atoms with van der Waals surface area (Å²) in [5, 5.41) is 0. The van der Waals surface area contributed by atoms with Crippen molar-refractivity contribution >= 4 is 11.9 Å². The van der Waals surface area contributed by atoms with Gasteiger partial charge < -0.3 is 9.47 Å². The van der Waals surface area contributed by atoms with E-state index in [9.17, 15) is 9.59 Å². The third-order valence-electron chi connectivity index (χ3n) is 0.804. The van der Waals surface area contributed by atoms with Gasteiger partial charge in [-0.3, -0.25) is 0 Å². The Hall–Kier alpha value is -1.32. The maximum atomic E-state index is 10.5. The molecule has 0 aromatic rings. The lowest BCUT2D eigenvalue weighted by Gasteiger charge is -2.00. The highest BCUT2D eigenvalue weighted by atomic mass is 16.6. The minimum Gasteiger partial charge on any atom is -0.463 e. The topological polar surface area (TPSA) is 52.6 Å². The van der Waals surface area contributed by atoms with Crippen LogP contribution in [0, 0.1) is 0 Å². The van der Waals surface area contributed by atoms with Gasteiger partial charge in [-0.05, 0) is 6.92 Å². The first-order valence-electron chi connectivity index (χ1n) is 3.15. The summed E-state index contributed by atoms with van der Waals surface area (Å²) in [4.78, 5) is 20.9. The number of hydrogen-bond donors (Lipinski definition) is 0. The van der Waals surface area contributed by atoms with Crippen LogP contribution in [0.25, 0.3) is 0 Å². The van der Waals surface area contributed by atoms with Gasteiger partial charge in [0.2, 0.25) is 0 Å². The van der Waals surface area contributed by atoms with Gasteiger partial charge in [0.15, 0.2) is 6.61 Å². The summed E-state index contributed by atoms with van der Waals surface area (Å²) >= 11 is 0. The molecule has 0 unspecified atom stereocenters. The van der Waals surface area contributed by atoms with Crippen LogP contribution in [0.2, 0.25) is 0 Å². The maximum absolute atomic E-state index is 10.5. The van der Waals surface area contributed by atoms with E-state index in [1.165, 1.54) is 0 Å². The molecule has 0 N–H and O–H groups in total. The van der Waals surface area contributed by atoms with Crippen LogP contribution in [-0.2, 0) is 19.1 Å². The molecule has 0 saturated carbocycles. The molecule has 0 bridgehead atoms. The molecule has 0 aliphatic heterocycles. The number of esters is 2. The van der Waals surface area contributed by atoms with Crippen molar-refractivity contribution in [2.45, 2.75) is 6.92 Å². The third-order valence-corrected chi connectivity index (χ3v) is 0.804. The van der Waals surface area contributed by atoms with Crippen molar-refractivity contribution in [3.05, 3.63) is 12.7 Å². The standard InChI is InChI=1S/C7H10O4/c1-3-6(8)11-5-7(9)10-4-2/h3H,1,4-5H2,2H3. The van der Waals surface area contributed by atoms with E-state index in [4.69, 9.17) is 0 Å². The van der Waals surface area contributed by atoms with Crippen LogP contribution in [0.15, 0.2) is 12.7 Å². The molecule has 0 rings (SSSR count). The van der Waals surface area contributed by atoms with Crippen molar-refractivity contribution in [2.24, 2.45) is 0 Å². The summed E-state index contributed by atoms with van der Waals surface area (Å²) in [6.07, 6.45) is 0.985. The Labute approximate surface area is 64.8 Å². The first kappa shape index (κ1) is 9.68. The number of rotatable bonds is 4. The number of hydrogen-bond acceptors (Lipinski definition) is 4. The molecule has 62 valence electrons. The van der Waals surface area contributed by atoms with Gasteiger partial charge in [-0.2, -0.15) is 0 Å². The molecule has 0 aromatic carbocycles. The van der Waals surface area contributed by atoms with E-state index in [1.807, 2.05) is 0 Å². The molecular formula is C7H10O4. The van der Waals surface area contributed by atoms with E-state index in [2.05, 4.69) is 16.1 Å². The summed E-state index contributed by atoms with van der Waals surface area (Å²) in [7, 11) is 0. The van der Waals surface area contributed by atoms with E-state index in [0.29, 0.717) is 0 Å². The lowest BCUT2D eigenvalue weighted by atomic mass is 10.6. The van der Waals surface area contributed by atoms with Gasteiger partial charge in [0, 0.05) is 6.08 Å². The molecular weight excluding hydrogens is 148 g/mol. The van der Waals surface area contributed by atoms with Crippen molar-refractivity contribution in [1.29, 1.82) is 0 Å². The summed E-state index contributed by atoms with van der Waals surface area (Å²) < 4.78 is 8.86. The SMILES string of the molecule is C=CC(=O)OCC(=O)OCC. The zero-order valence-electron chi connectivity index (χ0n) is 6.33. The zero-order valence-corrected chi connectivity index (χ0v) is 6.33. The zero-order chi connectivity index (χ0) is 8.69. The lowest BCUT2D eigenvalue weighted by Crippen LogP contribution is -2.14. The Kier molecular flexibility index (Phi) is 4.81. The molecule has 0 aliphatic carbocycles. The van der Waals surface area contributed by atoms with Crippen molar-refractivity contribution in [2.75, 3.05) is 13.2 Å². The molecule has 11 heavy (non-hydrogen) atoms. The molecule has 4 nitrogen and oxygen atoms in total. The maximum Gasteiger partial charge on any atom is 0.344 e. The van der Waals surface area contributed by atoms with Crippen LogP contribution < -0.4 is 0 Å². The van der Waals surface area contributed by atoms with Crippen molar-refractivity contribution in [3.63, 3.8) is 0 Å². The Morgan fingerprint density at radius 1 is 1.45 bits per heavy atom. The molecule has 4 heteroatoms. The van der Waals surface area contributed by atoms with Crippen LogP contribution in [0.1, 0.15) is 6.92 Å². The van der Waals surface area contributed by atoms with Crippen molar-refractivity contribution < 1.29 is 19.1 Å². The summed E-state index contributed by atoms with van der Waals surface area (Å²) in [6, 6.07) is 0. The first-order chi connectivity index (χ1) is 5.20. The largest absolute Gasteiger partial charge is 0.463 e. The van der Waals surface area contributed by atoms with Crippen LogP contribution in [0.5, 0.6) is 0 Å². The molecule has 0 saturated heterocycles. The number of carbonyl (C=O) groups excluding carboxylic acids is 2. The second kappa shape index (κ2) is 5.46. The van der Waals surface area contributed by atoms with Gasteiger partial charge in [-0.25, -0.2) is 9.59 Å². The lowest BCUT2D eigenvalue weighted by molar-refractivity contribution is -0.155. The van der Waals surface area contributed by atoms with E-state index < -0.39 is 11.9 Å².